The van der Waals surface area contributed by atoms with E-state index in [4.69, 9.17) is 4.74 Å². The fourth-order valence-corrected chi connectivity index (χ4v) is 2.52. The molecule has 0 saturated carbocycles. The molecular formula is C12H15N3O2S. The van der Waals surface area contributed by atoms with Gasteiger partial charge in [-0.25, -0.2) is 9.97 Å². The Kier molecular flexibility index (Phi) is 4.09. The van der Waals surface area contributed by atoms with Crippen LogP contribution < -0.4 is 5.32 Å². The van der Waals surface area contributed by atoms with Gasteiger partial charge in [0.05, 0.1) is 12.0 Å². The minimum atomic E-state index is -0.282. The van der Waals surface area contributed by atoms with Gasteiger partial charge in [-0.1, -0.05) is 6.92 Å². The van der Waals surface area contributed by atoms with Gasteiger partial charge in [0.25, 0.3) is 0 Å². The molecule has 0 saturated heterocycles. The van der Waals surface area contributed by atoms with E-state index in [0.29, 0.717) is 12.4 Å². The predicted molar refractivity (Wildman–Crippen MR) is 71.9 cm³/mol. The molecule has 6 heteroatoms. The SMILES string of the molecule is CCOC(=O)CNc1ncnc2sc(CC)cc12. The van der Waals surface area contributed by atoms with E-state index in [0.717, 1.165) is 16.6 Å². The predicted octanol–water partition coefficient (Wildman–Crippen LogP) is 2.23. The zero-order valence-electron chi connectivity index (χ0n) is 10.4. The highest BCUT2D eigenvalue weighted by atomic mass is 32.1. The zero-order valence-corrected chi connectivity index (χ0v) is 11.2. The number of carbonyl (C=O) groups excluding carboxylic acids is 1. The maximum absolute atomic E-state index is 11.3. The number of nitrogens with zero attached hydrogens (tertiary/aromatic N) is 2. The Morgan fingerprint density at radius 1 is 1.44 bits per heavy atom. The molecule has 1 N–H and O–H groups in total. The number of fused-ring (bicyclic) bond motifs is 1. The van der Waals surface area contributed by atoms with Crippen LogP contribution in [-0.4, -0.2) is 29.1 Å². The first-order valence-electron chi connectivity index (χ1n) is 5.87. The molecule has 2 aromatic heterocycles. The summed E-state index contributed by atoms with van der Waals surface area (Å²) in [5.41, 5.74) is 0. The molecule has 18 heavy (non-hydrogen) atoms. The summed E-state index contributed by atoms with van der Waals surface area (Å²) in [5.74, 6) is 0.402. The van der Waals surface area contributed by atoms with Gasteiger partial charge >= 0.3 is 5.97 Å². The second-order valence-electron chi connectivity index (χ2n) is 3.67. The van der Waals surface area contributed by atoms with E-state index in [-0.39, 0.29) is 12.5 Å². The van der Waals surface area contributed by atoms with Crippen LogP contribution in [0.3, 0.4) is 0 Å². The Hall–Kier alpha value is -1.69. The molecule has 0 unspecified atom stereocenters. The first-order chi connectivity index (χ1) is 8.74. The van der Waals surface area contributed by atoms with Gasteiger partial charge in [0.15, 0.2) is 0 Å². The lowest BCUT2D eigenvalue weighted by Gasteiger charge is -2.05. The first-order valence-corrected chi connectivity index (χ1v) is 6.69. The Labute approximate surface area is 109 Å². The average Bonchev–Trinajstić information content (AvgIpc) is 2.80. The van der Waals surface area contributed by atoms with Crippen molar-refractivity contribution in [1.82, 2.24) is 9.97 Å². The van der Waals surface area contributed by atoms with Crippen molar-refractivity contribution in [3.63, 3.8) is 0 Å². The second-order valence-corrected chi connectivity index (χ2v) is 4.78. The molecule has 0 radical (unpaired) electrons. The summed E-state index contributed by atoms with van der Waals surface area (Å²) in [6.07, 6.45) is 2.48. The summed E-state index contributed by atoms with van der Waals surface area (Å²) < 4.78 is 4.86. The smallest absolute Gasteiger partial charge is 0.325 e. The number of hydrogen-bond acceptors (Lipinski definition) is 6. The van der Waals surface area contributed by atoms with Crippen LogP contribution in [0.2, 0.25) is 0 Å². The Morgan fingerprint density at radius 3 is 3.00 bits per heavy atom. The summed E-state index contributed by atoms with van der Waals surface area (Å²) in [7, 11) is 0. The largest absolute Gasteiger partial charge is 0.465 e. The topological polar surface area (TPSA) is 64.1 Å². The Morgan fingerprint density at radius 2 is 2.28 bits per heavy atom. The minimum Gasteiger partial charge on any atom is -0.465 e. The lowest BCUT2D eigenvalue weighted by atomic mass is 10.3. The van der Waals surface area contributed by atoms with Crippen molar-refractivity contribution >= 4 is 33.3 Å². The van der Waals surface area contributed by atoms with Crippen molar-refractivity contribution in [1.29, 1.82) is 0 Å². The third-order valence-electron chi connectivity index (χ3n) is 2.43. The van der Waals surface area contributed by atoms with Crippen LogP contribution in [0.25, 0.3) is 10.2 Å². The number of aromatic nitrogens is 2. The lowest BCUT2D eigenvalue weighted by Crippen LogP contribution is -2.17. The fourth-order valence-electron chi connectivity index (χ4n) is 1.59. The Balaban J connectivity index is 2.17. The molecule has 0 aliphatic heterocycles. The number of esters is 1. The molecule has 0 aliphatic rings. The molecule has 5 nitrogen and oxygen atoms in total. The third kappa shape index (κ3) is 2.76. The van der Waals surface area contributed by atoms with Crippen LogP contribution in [0.1, 0.15) is 18.7 Å². The van der Waals surface area contributed by atoms with Gasteiger partial charge in [0.2, 0.25) is 0 Å². The normalized spacial score (nSPS) is 10.6. The number of hydrogen-bond donors (Lipinski definition) is 1. The molecule has 0 atom stereocenters. The van der Waals surface area contributed by atoms with Crippen molar-refractivity contribution in [2.75, 3.05) is 18.5 Å². The highest BCUT2D eigenvalue weighted by Gasteiger charge is 2.09. The number of aryl methyl sites for hydroxylation is 1. The number of anilines is 1. The summed E-state index contributed by atoms with van der Waals surface area (Å²) in [6.45, 7) is 4.40. The van der Waals surface area contributed by atoms with E-state index in [9.17, 15) is 4.79 Å². The summed E-state index contributed by atoms with van der Waals surface area (Å²) >= 11 is 1.65. The standard InChI is InChI=1S/C12H15N3O2S/c1-3-8-5-9-11(13-6-10(16)17-4-2)14-7-15-12(9)18-8/h5,7H,3-4,6H2,1-2H3,(H,13,14,15). The second kappa shape index (κ2) is 5.77. The molecule has 2 rings (SSSR count). The van der Waals surface area contributed by atoms with Crippen molar-refractivity contribution < 1.29 is 9.53 Å². The number of thiophene rings is 1. The quantitative estimate of drug-likeness (QED) is 0.840. The van der Waals surface area contributed by atoms with Gasteiger partial charge in [-0.2, -0.15) is 0 Å². The molecular weight excluding hydrogens is 250 g/mol. The van der Waals surface area contributed by atoms with Crippen LogP contribution in [0.5, 0.6) is 0 Å². The van der Waals surface area contributed by atoms with Crippen molar-refractivity contribution in [3.8, 4) is 0 Å². The summed E-state index contributed by atoms with van der Waals surface area (Å²) in [6, 6.07) is 2.06. The first kappa shape index (κ1) is 12.8. The maximum Gasteiger partial charge on any atom is 0.325 e. The molecule has 0 fully saturated rings. The number of ether oxygens (including phenoxy) is 1. The van der Waals surface area contributed by atoms with E-state index in [1.165, 1.54) is 11.2 Å². The van der Waals surface area contributed by atoms with Gasteiger partial charge in [0.1, 0.15) is 23.5 Å². The molecule has 2 aromatic rings. The molecule has 0 aliphatic carbocycles. The van der Waals surface area contributed by atoms with E-state index in [1.54, 1.807) is 18.3 Å². The van der Waals surface area contributed by atoms with E-state index in [2.05, 4.69) is 28.3 Å². The summed E-state index contributed by atoms with van der Waals surface area (Å²) in [5, 5.41) is 3.95. The molecule has 0 bridgehead atoms. The summed E-state index contributed by atoms with van der Waals surface area (Å²) in [4.78, 5) is 21.9. The minimum absolute atomic E-state index is 0.122. The fraction of sp³-hybridized carbons (Fsp3) is 0.417. The monoisotopic (exact) mass is 265 g/mol. The van der Waals surface area contributed by atoms with Crippen molar-refractivity contribution in [3.05, 3.63) is 17.3 Å². The van der Waals surface area contributed by atoms with Crippen LogP contribution in [0.4, 0.5) is 5.82 Å². The van der Waals surface area contributed by atoms with Crippen LogP contribution in [0, 0.1) is 0 Å². The van der Waals surface area contributed by atoms with Crippen molar-refractivity contribution in [2.24, 2.45) is 0 Å². The van der Waals surface area contributed by atoms with E-state index >= 15 is 0 Å². The van der Waals surface area contributed by atoms with Crippen LogP contribution in [-0.2, 0) is 16.0 Å². The van der Waals surface area contributed by atoms with Crippen LogP contribution >= 0.6 is 11.3 Å². The highest BCUT2D eigenvalue weighted by Crippen LogP contribution is 2.28. The van der Waals surface area contributed by atoms with E-state index < -0.39 is 0 Å². The maximum atomic E-state index is 11.3. The lowest BCUT2D eigenvalue weighted by molar-refractivity contribution is -0.140. The van der Waals surface area contributed by atoms with Crippen LogP contribution in [0.15, 0.2) is 12.4 Å². The third-order valence-corrected chi connectivity index (χ3v) is 3.62. The number of carbonyl (C=O) groups is 1. The zero-order chi connectivity index (χ0) is 13.0. The molecule has 2 heterocycles. The average molecular weight is 265 g/mol. The highest BCUT2D eigenvalue weighted by molar-refractivity contribution is 7.18. The number of nitrogens with one attached hydrogen (secondary N) is 1. The van der Waals surface area contributed by atoms with Crippen molar-refractivity contribution in [2.45, 2.75) is 20.3 Å². The van der Waals surface area contributed by atoms with Gasteiger partial charge in [-0.05, 0) is 19.4 Å². The molecule has 96 valence electrons. The molecule has 0 aromatic carbocycles. The molecule has 0 spiro atoms. The van der Waals surface area contributed by atoms with Gasteiger partial charge < -0.3 is 10.1 Å². The van der Waals surface area contributed by atoms with Gasteiger partial charge in [-0.15, -0.1) is 11.3 Å². The van der Waals surface area contributed by atoms with Gasteiger partial charge in [-0.3, -0.25) is 4.79 Å². The van der Waals surface area contributed by atoms with E-state index in [1.807, 2.05) is 0 Å². The molecule has 0 amide bonds. The van der Waals surface area contributed by atoms with Gasteiger partial charge in [0, 0.05) is 4.88 Å². The number of rotatable bonds is 5. The Bertz CT molecular complexity index is 553.